The zero-order valence-electron chi connectivity index (χ0n) is 13.1. The largest absolute Gasteiger partial charge is 0.417 e. The van der Waals surface area contributed by atoms with Crippen LogP contribution in [0.2, 0.25) is 10.0 Å². The van der Waals surface area contributed by atoms with Crippen molar-refractivity contribution in [1.82, 2.24) is 24.7 Å². The standard InChI is InChI=1S/C14H5Cl2F6N5S/c15-8-1-6(13(17,18)19)3-23-10(8)27-5-25-12(26-27)28-11-9(16)2-7(4-24-11)14(20,21)22/h1-5H. The first kappa shape index (κ1) is 20.7. The maximum Gasteiger partial charge on any atom is 0.417 e. The van der Waals surface area contributed by atoms with Crippen molar-refractivity contribution in [2.75, 3.05) is 0 Å². The average Bonchev–Trinajstić information content (AvgIpc) is 3.03. The van der Waals surface area contributed by atoms with Crippen molar-refractivity contribution in [3.63, 3.8) is 0 Å². The quantitative estimate of drug-likeness (QED) is 0.480. The molecule has 148 valence electrons. The van der Waals surface area contributed by atoms with Gasteiger partial charge in [-0.15, -0.1) is 5.10 Å². The SMILES string of the molecule is FC(F)(F)c1cnc(Sc2ncn(-c3ncc(C(F)(F)F)cc3Cl)n2)c(Cl)c1. The van der Waals surface area contributed by atoms with Crippen molar-refractivity contribution in [3.8, 4) is 5.82 Å². The van der Waals surface area contributed by atoms with Crippen LogP contribution in [0, 0.1) is 0 Å². The van der Waals surface area contributed by atoms with Crippen LogP contribution in [0.15, 0.2) is 41.0 Å². The van der Waals surface area contributed by atoms with E-state index in [1.54, 1.807) is 0 Å². The van der Waals surface area contributed by atoms with Crippen molar-refractivity contribution in [3.05, 3.63) is 52.0 Å². The van der Waals surface area contributed by atoms with Gasteiger partial charge >= 0.3 is 12.4 Å². The van der Waals surface area contributed by atoms with Gasteiger partial charge in [0.2, 0.25) is 5.16 Å². The molecule has 5 nitrogen and oxygen atoms in total. The van der Waals surface area contributed by atoms with E-state index in [1.807, 2.05) is 0 Å². The lowest BCUT2D eigenvalue weighted by Crippen LogP contribution is -2.08. The number of aromatic nitrogens is 5. The van der Waals surface area contributed by atoms with Crippen molar-refractivity contribution in [2.24, 2.45) is 0 Å². The van der Waals surface area contributed by atoms with Crippen LogP contribution in [0.25, 0.3) is 5.82 Å². The van der Waals surface area contributed by atoms with E-state index >= 15 is 0 Å². The average molecular weight is 460 g/mol. The smallest absolute Gasteiger partial charge is 0.247 e. The summed E-state index contributed by atoms with van der Waals surface area (Å²) in [6.07, 6.45) is -6.88. The highest BCUT2D eigenvalue weighted by atomic mass is 35.5. The van der Waals surface area contributed by atoms with Crippen LogP contribution in [0.3, 0.4) is 0 Å². The Hall–Kier alpha value is -2.05. The molecule has 0 bridgehead atoms. The summed E-state index contributed by atoms with van der Waals surface area (Å²) < 4.78 is 76.9. The normalized spacial score (nSPS) is 12.4. The molecule has 0 aliphatic heterocycles. The molecule has 0 spiro atoms. The Morgan fingerprint density at radius 3 is 1.93 bits per heavy atom. The molecule has 3 aromatic rings. The minimum absolute atomic E-state index is 0.0129. The van der Waals surface area contributed by atoms with Crippen LogP contribution in [-0.2, 0) is 12.4 Å². The van der Waals surface area contributed by atoms with Gasteiger partial charge in [-0.2, -0.15) is 26.3 Å². The van der Waals surface area contributed by atoms with Gasteiger partial charge in [0.25, 0.3) is 0 Å². The van der Waals surface area contributed by atoms with Gasteiger partial charge in [-0.3, -0.25) is 0 Å². The summed E-state index contributed by atoms with van der Waals surface area (Å²) in [5.74, 6) is -0.111. The number of halogens is 8. The molecular formula is C14H5Cl2F6N5S. The molecule has 0 unspecified atom stereocenters. The first-order chi connectivity index (χ1) is 12.9. The van der Waals surface area contributed by atoms with Crippen LogP contribution < -0.4 is 0 Å². The maximum atomic E-state index is 12.7. The fraction of sp³-hybridized carbons (Fsp3) is 0.143. The number of rotatable bonds is 3. The van der Waals surface area contributed by atoms with E-state index in [9.17, 15) is 26.3 Å². The lowest BCUT2D eigenvalue weighted by molar-refractivity contribution is -0.138. The Morgan fingerprint density at radius 1 is 0.821 bits per heavy atom. The van der Waals surface area contributed by atoms with Crippen molar-refractivity contribution < 1.29 is 26.3 Å². The van der Waals surface area contributed by atoms with Gasteiger partial charge < -0.3 is 0 Å². The predicted molar refractivity (Wildman–Crippen MR) is 87.5 cm³/mol. The summed E-state index contributed by atoms with van der Waals surface area (Å²) in [4.78, 5) is 11.1. The Balaban J connectivity index is 1.84. The van der Waals surface area contributed by atoms with E-state index in [-0.39, 0.29) is 26.0 Å². The molecule has 0 aromatic carbocycles. The van der Waals surface area contributed by atoms with E-state index < -0.39 is 23.5 Å². The van der Waals surface area contributed by atoms with Crippen LogP contribution in [0.4, 0.5) is 26.3 Å². The van der Waals surface area contributed by atoms with Gasteiger partial charge in [0.1, 0.15) is 11.4 Å². The van der Waals surface area contributed by atoms with Crippen LogP contribution >= 0.6 is 35.0 Å². The Morgan fingerprint density at radius 2 is 1.39 bits per heavy atom. The zero-order valence-corrected chi connectivity index (χ0v) is 15.4. The zero-order chi connectivity index (χ0) is 20.7. The molecule has 0 radical (unpaired) electrons. The van der Waals surface area contributed by atoms with E-state index in [0.29, 0.717) is 24.5 Å². The molecule has 14 heteroatoms. The summed E-state index contributed by atoms with van der Waals surface area (Å²) in [7, 11) is 0. The summed E-state index contributed by atoms with van der Waals surface area (Å²) in [5.41, 5.74) is -2.04. The molecule has 28 heavy (non-hydrogen) atoms. The Kier molecular flexibility index (Phi) is 5.47. The minimum atomic E-state index is -4.61. The number of alkyl halides is 6. The third kappa shape index (κ3) is 4.50. The molecule has 3 heterocycles. The van der Waals surface area contributed by atoms with E-state index in [2.05, 4.69) is 20.1 Å². The van der Waals surface area contributed by atoms with Crippen molar-refractivity contribution in [1.29, 1.82) is 0 Å². The highest BCUT2D eigenvalue weighted by Gasteiger charge is 2.32. The summed E-state index contributed by atoms with van der Waals surface area (Å²) >= 11 is 12.4. The second-order valence-electron chi connectivity index (χ2n) is 5.11. The van der Waals surface area contributed by atoms with Gasteiger partial charge in [-0.05, 0) is 23.9 Å². The molecule has 0 amide bonds. The first-order valence-electron chi connectivity index (χ1n) is 7.00. The fourth-order valence-electron chi connectivity index (χ4n) is 1.89. The van der Waals surface area contributed by atoms with Gasteiger partial charge in [0, 0.05) is 12.4 Å². The third-order valence-electron chi connectivity index (χ3n) is 3.16. The second-order valence-corrected chi connectivity index (χ2v) is 6.88. The monoisotopic (exact) mass is 459 g/mol. The lowest BCUT2D eigenvalue weighted by atomic mass is 10.3. The van der Waals surface area contributed by atoms with Crippen LogP contribution in [-0.4, -0.2) is 24.7 Å². The predicted octanol–water partition coefficient (Wildman–Crippen LogP) is 5.55. The topological polar surface area (TPSA) is 56.5 Å². The summed E-state index contributed by atoms with van der Waals surface area (Å²) in [6, 6.07) is 1.40. The third-order valence-corrected chi connectivity index (χ3v) is 4.73. The molecule has 3 rings (SSSR count). The molecule has 0 N–H and O–H groups in total. The highest BCUT2D eigenvalue weighted by molar-refractivity contribution is 7.99. The second kappa shape index (κ2) is 7.41. The Labute approximate surface area is 166 Å². The minimum Gasteiger partial charge on any atom is -0.247 e. The van der Waals surface area contributed by atoms with Gasteiger partial charge in [0.05, 0.1) is 21.2 Å². The number of hydrogen-bond donors (Lipinski definition) is 0. The molecule has 0 saturated carbocycles. The number of hydrogen-bond acceptors (Lipinski definition) is 5. The Bertz CT molecular complexity index is 1020. The number of nitrogens with zero attached hydrogens (tertiary/aromatic N) is 5. The lowest BCUT2D eigenvalue weighted by Gasteiger charge is -2.08. The van der Waals surface area contributed by atoms with Gasteiger partial charge in [0.15, 0.2) is 5.82 Å². The molecule has 0 saturated heterocycles. The summed E-state index contributed by atoms with van der Waals surface area (Å²) in [6.45, 7) is 0. The van der Waals surface area contributed by atoms with Crippen LogP contribution in [0.5, 0.6) is 0 Å². The molecule has 0 aliphatic rings. The van der Waals surface area contributed by atoms with Gasteiger partial charge in [-0.1, -0.05) is 23.2 Å². The van der Waals surface area contributed by atoms with E-state index in [4.69, 9.17) is 23.2 Å². The van der Waals surface area contributed by atoms with Gasteiger partial charge in [-0.25, -0.2) is 19.6 Å². The first-order valence-corrected chi connectivity index (χ1v) is 8.58. The fourth-order valence-corrected chi connectivity index (χ4v) is 3.09. The molecule has 3 aromatic heterocycles. The molecular weight excluding hydrogens is 455 g/mol. The highest BCUT2D eigenvalue weighted by Crippen LogP contribution is 2.36. The number of pyridine rings is 2. The van der Waals surface area contributed by atoms with E-state index in [0.717, 1.165) is 22.8 Å². The molecule has 0 fully saturated rings. The molecule has 0 atom stereocenters. The van der Waals surface area contributed by atoms with Crippen LogP contribution in [0.1, 0.15) is 11.1 Å². The van der Waals surface area contributed by atoms with Crippen molar-refractivity contribution in [2.45, 2.75) is 22.5 Å². The molecule has 0 aliphatic carbocycles. The summed E-state index contributed by atoms with van der Waals surface area (Å²) in [5, 5.41) is 3.41. The van der Waals surface area contributed by atoms with Crippen molar-refractivity contribution >= 4 is 35.0 Å². The van der Waals surface area contributed by atoms with E-state index in [1.165, 1.54) is 0 Å². The maximum absolute atomic E-state index is 12.7.